The molecule has 64 heavy (non-hydrogen) atoms. The molecule has 300 valence electrons. The molecule has 0 unspecified atom stereocenters. The average Bonchev–Trinajstić information content (AvgIpc) is 3.71. The number of nitrogens with zero attached hydrogens (tertiary/aromatic N) is 2. The van der Waals surface area contributed by atoms with Crippen LogP contribution < -0.4 is 4.90 Å². The molecule has 1 heterocycles. The van der Waals surface area contributed by atoms with Gasteiger partial charge in [0.1, 0.15) is 0 Å². The number of para-hydroxylation sites is 2. The van der Waals surface area contributed by atoms with Crippen LogP contribution >= 0.6 is 0 Å². The molecule has 0 N–H and O–H groups in total. The fraction of sp³-hybridized carbons (Fsp3) is 0. The third kappa shape index (κ3) is 6.70. The van der Waals surface area contributed by atoms with E-state index in [2.05, 4.69) is 264 Å². The van der Waals surface area contributed by atoms with Crippen molar-refractivity contribution in [2.45, 2.75) is 0 Å². The molecular formula is C62H42N2. The van der Waals surface area contributed by atoms with Crippen LogP contribution in [0, 0.1) is 0 Å². The molecule has 2 heteroatoms. The van der Waals surface area contributed by atoms with Crippen molar-refractivity contribution < 1.29 is 0 Å². The number of benzene rings is 11. The summed E-state index contributed by atoms with van der Waals surface area (Å²) in [5, 5.41) is 7.39. The molecule has 1 aromatic heterocycles. The summed E-state index contributed by atoms with van der Waals surface area (Å²) in [5.41, 5.74) is 16.1. The summed E-state index contributed by atoms with van der Waals surface area (Å²) in [6.45, 7) is 0. The van der Waals surface area contributed by atoms with E-state index in [4.69, 9.17) is 0 Å². The molecule has 2 nitrogen and oxygen atoms in total. The van der Waals surface area contributed by atoms with Gasteiger partial charge in [-0.3, -0.25) is 0 Å². The summed E-state index contributed by atoms with van der Waals surface area (Å²) < 4.78 is 2.41. The number of hydrogen-bond donors (Lipinski definition) is 0. The Morgan fingerprint density at radius 3 is 1.44 bits per heavy atom. The smallest absolute Gasteiger partial charge is 0.0546 e. The van der Waals surface area contributed by atoms with Crippen LogP contribution in [0.15, 0.2) is 255 Å². The normalized spacial score (nSPS) is 11.4. The highest BCUT2D eigenvalue weighted by atomic mass is 15.1. The van der Waals surface area contributed by atoms with E-state index in [1.807, 2.05) is 0 Å². The van der Waals surface area contributed by atoms with Gasteiger partial charge < -0.3 is 9.47 Å². The van der Waals surface area contributed by atoms with E-state index < -0.39 is 0 Å². The van der Waals surface area contributed by atoms with Gasteiger partial charge in [-0.05, 0) is 127 Å². The van der Waals surface area contributed by atoms with Crippen molar-refractivity contribution in [3.63, 3.8) is 0 Å². The zero-order valence-corrected chi connectivity index (χ0v) is 35.1. The minimum atomic E-state index is 1.07. The predicted molar refractivity (Wildman–Crippen MR) is 272 cm³/mol. The summed E-state index contributed by atoms with van der Waals surface area (Å²) in [6.07, 6.45) is 0. The number of hydrogen-bond acceptors (Lipinski definition) is 1. The van der Waals surface area contributed by atoms with Crippen molar-refractivity contribution in [2.24, 2.45) is 0 Å². The van der Waals surface area contributed by atoms with Gasteiger partial charge in [0, 0.05) is 33.4 Å². The standard InChI is InChI=1S/C62H42N2/c1-2-14-43(15-3-1)49-20-12-21-50(38-49)46-32-35-54(36-33-46)63(55-22-13-23-56(42-55)64-60-26-10-8-24-58(60)59-25-9-11-27-61(59)64)62-41-52(51-30-28-44-16-4-6-18-47(44)39-51)34-37-57(62)53-31-29-45-17-5-7-19-48(45)40-53/h1-42H. The Labute approximate surface area is 373 Å². The van der Waals surface area contributed by atoms with E-state index in [1.54, 1.807) is 0 Å². The van der Waals surface area contributed by atoms with Gasteiger partial charge in [0.15, 0.2) is 0 Å². The Morgan fingerprint density at radius 2 is 0.750 bits per heavy atom. The largest absolute Gasteiger partial charge is 0.310 e. The van der Waals surface area contributed by atoms with Gasteiger partial charge in [-0.25, -0.2) is 0 Å². The first-order chi connectivity index (χ1) is 31.7. The number of rotatable bonds is 8. The number of aromatic nitrogens is 1. The zero-order valence-electron chi connectivity index (χ0n) is 35.1. The predicted octanol–water partition coefficient (Wildman–Crippen LogP) is 17.2. The van der Waals surface area contributed by atoms with Crippen LogP contribution in [0.4, 0.5) is 17.1 Å². The molecule has 0 aliphatic heterocycles. The SMILES string of the molecule is c1ccc(-c2cccc(-c3ccc(N(c4cccc(-n5c6ccccc6c6ccccc65)c4)c4cc(-c5ccc6ccccc6c5)ccc4-c4ccc5ccccc5c4)cc3)c2)cc1. The molecule has 0 aliphatic rings. The van der Waals surface area contributed by atoms with E-state index in [1.165, 1.54) is 71.2 Å². The fourth-order valence-corrected chi connectivity index (χ4v) is 9.58. The lowest BCUT2D eigenvalue weighted by molar-refractivity contribution is 1.17. The van der Waals surface area contributed by atoms with Crippen LogP contribution in [0.25, 0.3) is 93.5 Å². The van der Waals surface area contributed by atoms with Crippen LogP contribution in [-0.2, 0) is 0 Å². The van der Waals surface area contributed by atoms with Gasteiger partial charge >= 0.3 is 0 Å². The van der Waals surface area contributed by atoms with Gasteiger partial charge in [0.25, 0.3) is 0 Å². The van der Waals surface area contributed by atoms with E-state index in [0.29, 0.717) is 0 Å². The highest BCUT2D eigenvalue weighted by molar-refractivity contribution is 6.09. The quantitative estimate of drug-likeness (QED) is 0.148. The van der Waals surface area contributed by atoms with Gasteiger partial charge in [-0.1, -0.05) is 188 Å². The summed E-state index contributed by atoms with van der Waals surface area (Å²) in [7, 11) is 0. The molecular weight excluding hydrogens is 773 g/mol. The highest BCUT2D eigenvalue weighted by Gasteiger charge is 2.21. The molecule has 11 aromatic carbocycles. The van der Waals surface area contributed by atoms with Crippen molar-refractivity contribution >= 4 is 60.4 Å². The second-order valence-corrected chi connectivity index (χ2v) is 16.6. The lowest BCUT2D eigenvalue weighted by atomic mass is 9.94. The Balaban J connectivity index is 1.08. The Hall–Kier alpha value is -8.46. The topological polar surface area (TPSA) is 8.17 Å². The van der Waals surface area contributed by atoms with Crippen molar-refractivity contribution in [3.8, 4) is 50.2 Å². The van der Waals surface area contributed by atoms with Crippen LogP contribution in [0.2, 0.25) is 0 Å². The van der Waals surface area contributed by atoms with Crippen molar-refractivity contribution in [2.75, 3.05) is 4.90 Å². The Morgan fingerprint density at radius 1 is 0.266 bits per heavy atom. The number of fused-ring (bicyclic) bond motifs is 5. The third-order valence-electron chi connectivity index (χ3n) is 12.7. The van der Waals surface area contributed by atoms with Gasteiger partial charge in [0.05, 0.1) is 16.7 Å². The second kappa shape index (κ2) is 15.8. The molecule has 0 spiro atoms. The lowest BCUT2D eigenvalue weighted by Gasteiger charge is -2.29. The lowest BCUT2D eigenvalue weighted by Crippen LogP contribution is -2.12. The Bertz CT molecular complexity index is 3620. The van der Waals surface area contributed by atoms with E-state index in [-0.39, 0.29) is 0 Å². The van der Waals surface area contributed by atoms with Crippen molar-refractivity contribution in [1.82, 2.24) is 4.57 Å². The fourth-order valence-electron chi connectivity index (χ4n) is 9.58. The first-order valence-electron chi connectivity index (χ1n) is 22.0. The molecule has 0 fully saturated rings. The molecule has 12 rings (SSSR count). The van der Waals surface area contributed by atoms with E-state index in [0.717, 1.165) is 39.4 Å². The summed E-state index contributed by atoms with van der Waals surface area (Å²) >= 11 is 0. The summed E-state index contributed by atoms with van der Waals surface area (Å²) in [4.78, 5) is 2.45. The van der Waals surface area contributed by atoms with Gasteiger partial charge in [-0.2, -0.15) is 0 Å². The molecule has 0 atom stereocenters. The molecule has 0 saturated carbocycles. The Kier molecular flexibility index (Phi) is 9.20. The van der Waals surface area contributed by atoms with Gasteiger partial charge in [-0.15, -0.1) is 0 Å². The summed E-state index contributed by atoms with van der Waals surface area (Å²) in [5.74, 6) is 0. The van der Waals surface area contributed by atoms with Crippen LogP contribution in [-0.4, -0.2) is 4.57 Å². The number of anilines is 3. The zero-order chi connectivity index (χ0) is 42.4. The maximum atomic E-state index is 2.45. The van der Waals surface area contributed by atoms with E-state index in [9.17, 15) is 0 Å². The minimum absolute atomic E-state index is 1.07. The maximum absolute atomic E-state index is 2.45. The van der Waals surface area contributed by atoms with Crippen molar-refractivity contribution in [3.05, 3.63) is 255 Å². The second-order valence-electron chi connectivity index (χ2n) is 16.6. The monoisotopic (exact) mass is 814 g/mol. The average molecular weight is 815 g/mol. The molecule has 12 aromatic rings. The van der Waals surface area contributed by atoms with Crippen LogP contribution in [0.1, 0.15) is 0 Å². The van der Waals surface area contributed by atoms with E-state index >= 15 is 0 Å². The first kappa shape index (κ1) is 37.3. The van der Waals surface area contributed by atoms with Crippen LogP contribution in [0.5, 0.6) is 0 Å². The molecule has 0 aliphatic carbocycles. The molecule has 0 radical (unpaired) electrons. The highest BCUT2D eigenvalue weighted by Crippen LogP contribution is 2.45. The maximum Gasteiger partial charge on any atom is 0.0546 e. The molecule has 0 amide bonds. The van der Waals surface area contributed by atoms with Gasteiger partial charge in [0.2, 0.25) is 0 Å². The molecule has 0 saturated heterocycles. The molecule has 0 bridgehead atoms. The van der Waals surface area contributed by atoms with Crippen LogP contribution in [0.3, 0.4) is 0 Å². The summed E-state index contributed by atoms with van der Waals surface area (Å²) in [6, 6.07) is 93.0. The first-order valence-corrected chi connectivity index (χ1v) is 22.0. The van der Waals surface area contributed by atoms with Crippen molar-refractivity contribution in [1.29, 1.82) is 0 Å². The minimum Gasteiger partial charge on any atom is -0.310 e. The third-order valence-corrected chi connectivity index (χ3v) is 12.7.